The number of aromatic nitrogens is 4. The second-order valence-electron chi connectivity index (χ2n) is 7.78. The first-order valence-corrected chi connectivity index (χ1v) is 8.84. The highest BCUT2D eigenvalue weighted by atomic mass is 15.0. The molecule has 0 aliphatic heterocycles. The smallest absolute Gasteiger partial charge is 0.182 e. The first kappa shape index (κ1) is 16.6. The van der Waals surface area contributed by atoms with Gasteiger partial charge in [0.2, 0.25) is 0 Å². The van der Waals surface area contributed by atoms with E-state index in [4.69, 9.17) is 4.98 Å². The summed E-state index contributed by atoms with van der Waals surface area (Å²) >= 11 is 0. The minimum atomic E-state index is 0.0244. The molecule has 0 saturated heterocycles. The van der Waals surface area contributed by atoms with Crippen molar-refractivity contribution in [3.05, 3.63) is 59.7 Å². The molecule has 2 aromatic heterocycles. The molecule has 4 nitrogen and oxygen atoms in total. The summed E-state index contributed by atoms with van der Waals surface area (Å²) in [7, 11) is 0. The predicted octanol–water partition coefficient (Wildman–Crippen LogP) is 5.15. The molecule has 0 fully saturated rings. The summed E-state index contributed by atoms with van der Waals surface area (Å²) in [6.07, 6.45) is 1.58. The Kier molecular flexibility index (Phi) is 3.72. The average Bonchev–Trinajstić information content (AvgIpc) is 2.60. The standard InChI is InChI=1S/C22H22N4/c1-13-14(2)26-21-20(25-13)19(23-12-24-21)16-10-15-8-6-7-9-17(15)18(11-16)22(3,4)5/h6-12H,1-5H3. The number of fused-ring (bicyclic) bond motifs is 2. The van der Waals surface area contributed by atoms with E-state index in [2.05, 4.69) is 72.1 Å². The Morgan fingerprint density at radius 3 is 2.35 bits per heavy atom. The highest BCUT2D eigenvalue weighted by Gasteiger charge is 2.20. The Balaban J connectivity index is 2.07. The maximum absolute atomic E-state index is 4.74. The van der Waals surface area contributed by atoms with Crippen LogP contribution in [0.15, 0.2) is 42.7 Å². The van der Waals surface area contributed by atoms with E-state index >= 15 is 0 Å². The SMILES string of the molecule is Cc1nc2ncnc(-c3cc(C(C)(C)C)c4ccccc4c3)c2nc1C. The van der Waals surface area contributed by atoms with E-state index in [1.54, 1.807) is 6.33 Å². The first-order chi connectivity index (χ1) is 12.3. The maximum Gasteiger partial charge on any atom is 0.182 e. The van der Waals surface area contributed by atoms with Crippen molar-refractivity contribution >= 4 is 21.9 Å². The molecule has 26 heavy (non-hydrogen) atoms. The Bertz CT molecular complexity index is 1140. The zero-order valence-corrected chi connectivity index (χ0v) is 15.8. The van der Waals surface area contributed by atoms with Crippen LogP contribution in [0.5, 0.6) is 0 Å². The van der Waals surface area contributed by atoms with Gasteiger partial charge in [-0.25, -0.2) is 19.9 Å². The van der Waals surface area contributed by atoms with Gasteiger partial charge >= 0.3 is 0 Å². The van der Waals surface area contributed by atoms with Gasteiger partial charge in [0.05, 0.1) is 11.4 Å². The summed E-state index contributed by atoms with van der Waals surface area (Å²) in [5.41, 5.74) is 6.42. The van der Waals surface area contributed by atoms with Crippen molar-refractivity contribution in [2.75, 3.05) is 0 Å². The second-order valence-corrected chi connectivity index (χ2v) is 7.78. The summed E-state index contributed by atoms with van der Waals surface area (Å²) in [5.74, 6) is 0. The van der Waals surface area contributed by atoms with Crippen LogP contribution < -0.4 is 0 Å². The van der Waals surface area contributed by atoms with Crippen molar-refractivity contribution in [3.8, 4) is 11.3 Å². The zero-order chi connectivity index (χ0) is 18.5. The zero-order valence-electron chi connectivity index (χ0n) is 15.8. The molecule has 0 N–H and O–H groups in total. The van der Waals surface area contributed by atoms with Gasteiger partial charge in [-0.05, 0) is 47.7 Å². The quantitative estimate of drug-likeness (QED) is 0.480. The van der Waals surface area contributed by atoms with Crippen molar-refractivity contribution in [2.45, 2.75) is 40.0 Å². The fourth-order valence-electron chi connectivity index (χ4n) is 3.32. The van der Waals surface area contributed by atoms with Crippen LogP contribution in [0.4, 0.5) is 0 Å². The molecule has 0 bridgehead atoms. The highest BCUT2D eigenvalue weighted by molar-refractivity contribution is 5.94. The minimum Gasteiger partial charge on any atom is -0.246 e. The fraction of sp³-hybridized carbons (Fsp3) is 0.273. The van der Waals surface area contributed by atoms with Crippen LogP contribution in [0, 0.1) is 13.8 Å². The van der Waals surface area contributed by atoms with Gasteiger partial charge in [0.25, 0.3) is 0 Å². The molecule has 2 aromatic carbocycles. The Labute approximate surface area is 153 Å². The lowest BCUT2D eigenvalue weighted by Crippen LogP contribution is -2.12. The van der Waals surface area contributed by atoms with E-state index in [9.17, 15) is 0 Å². The van der Waals surface area contributed by atoms with E-state index < -0.39 is 0 Å². The summed E-state index contributed by atoms with van der Waals surface area (Å²) in [5, 5.41) is 2.48. The molecule has 0 aliphatic carbocycles. The topological polar surface area (TPSA) is 51.6 Å². The van der Waals surface area contributed by atoms with Crippen LogP contribution in [0.25, 0.3) is 33.2 Å². The molecule has 4 rings (SSSR count). The van der Waals surface area contributed by atoms with Gasteiger partial charge in [-0.15, -0.1) is 0 Å². The van der Waals surface area contributed by atoms with Gasteiger partial charge in [-0.2, -0.15) is 0 Å². The Morgan fingerprint density at radius 2 is 1.58 bits per heavy atom. The third kappa shape index (κ3) is 2.71. The summed E-state index contributed by atoms with van der Waals surface area (Å²) in [6, 6.07) is 12.9. The molecule has 0 unspecified atom stereocenters. The predicted molar refractivity (Wildman–Crippen MR) is 106 cm³/mol. The van der Waals surface area contributed by atoms with E-state index in [1.807, 2.05) is 13.8 Å². The lowest BCUT2D eigenvalue weighted by atomic mass is 9.82. The van der Waals surface area contributed by atoms with Crippen LogP contribution in [0.3, 0.4) is 0 Å². The molecule has 130 valence electrons. The van der Waals surface area contributed by atoms with Crippen LogP contribution in [0.1, 0.15) is 37.7 Å². The van der Waals surface area contributed by atoms with Gasteiger partial charge in [0.15, 0.2) is 5.65 Å². The van der Waals surface area contributed by atoms with Crippen molar-refractivity contribution in [1.29, 1.82) is 0 Å². The minimum absolute atomic E-state index is 0.0244. The maximum atomic E-state index is 4.74. The number of nitrogens with zero attached hydrogens (tertiary/aromatic N) is 4. The van der Waals surface area contributed by atoms with Crippen molar-refractivity contribution in [3.63, 3.8) is 0 Å². The fourth-order valence-corrected chi connectivity index (χ4v) is 3.32. The Morgan fingerprint density at radius 1 is 0.846 bits per heavy atom. The lowest BCUT2D eigenvalue weighted by Gasteiger charge is -2.22. The largest absolute Gasteiger partial charge is 0.246 e. The van der Waals surface area contributed by atoms with E-state index in [0.717, 1.165) is 28.2 Å². The number of hydrogen-bond donors (Lipinski definition) is 0. The van der Waals surface area contributed by atoms with Gasteiger partial charge in [-0.3, -0.25) is 0 Å². The van der Waals surface area contributed by atoms with E-state index in [-0.39, 0.29) is 5.41 Å². The molecular formula is C22H22N4. The van der Waals surface area contributed by atoms with Crippen molar-refractivity contribution in [1.82, 2.24) is 19.9 Å². The van der Waals surface area contributed by atoms with Crippen molar-refractivity contribution in [2.24, 2.45) is 0 Å². The number of rotatable bonds is 1. The van der Waals surface area contributed by atoms with E-state index in [1.165, 1.54) is 16.3 Å². The van der Waals surface area contributed by atoms with Gasteiger partial charge in [0, 0.05) is 5.56 Å². The van der Waals surface area contributed by atoms with Gasteiger partial charge in [-0.1, -0.05) is 45.0 Å². The normalized spacial score (nSPS) is 12.0. The monoisotopic (exact) mass is 342 g/mol. The molecule has 0 aliphatic rings. The Hall–Kier alpha value is -2.88. The van der Waals surface area contributed by atoms with Crippen LogP contribution in [-0.2, 0) is 5.41 Å². The van der Waals surface area contributed by atoms with Gasteiger partial charge < -0.3 is 0 Å². The molecular weight excluding hydrogens is 320 g/mol. The number of aryl methyl sites for hydroxylation is 2. The molecule has 0 amide bonds. The van der Waals surface area contributed by atoms with Gasteiger partial charge in [0.1, 0.15) is 17.5 Å². The van der Waals surface area contributed by atoms with Crippen LogP contribution in [-0.4, -0.2) is 19.9 Å². The molecule has 0 saturated carbocycles. The average molecular weight is 342 g/mol. The molecule has 4 heteroatoms. The third-order valence-corrected chi connectivity index (χ3v) is 4.82. The second kappa shape index (κ2) is 5.84. The van der Waals surface area contributed by atoms with Crippen LogP contribution >= 0.6 is 0 Å². The number of benzene rings is 2. The number of hydrogen-bond acceptors (Lipinski definition) is 4. The molecule has 2 heterocycles. The highest BCUT2D eigenvalue weighted by Crippen LogP contribution is 2.35. The molecule has 0 radical (unpaired) electrons. The van der Waals surface area contributed by atoms with Crippen molar-refractivity contribution < 1.29 is 0 Å². The first-order valence-electron chi connectivity index (χ1n) is 8.84. The molecule has 0 atom stereocenters. The summed E-state index contributed by atoms with van der Waals surface area (Å²) in [6.45, 7) is 10.6. The van der Waals surface area contributed by atoms with E-state index in [0.29, 0.717) is 5.65 Å². The lowest BCUT2D eigenvalue weighted by molar-refractivity contribution is 0.596. The molecule has 4 aromatic rings. The summed E-state index contributed by atoms with van der Waals surface area (Å²) < 4.78 is 0. The molecule has 0 spiro atoms. The third-order valence-electron chi connectivity index (χ3n) is 4.82. The van der Waals surface area contributed by atoms with Crippen LogP contribution in [0.2, 0.25) is 0 Å². The summed E-state index contributed by atoms with van der Waals surface area (Å²) in [4.78, 5) is 18.2.